The number of anilines is 3. The van der Waals surface area contributed by atoms with Gasteiger partial charge in [0.25, 0.3) is 0 Å². The smallest absolute Gasteiger partial charge is 0.245 e. The van der Waals surface area contributed by atoms with Gasteiger partial charge in [-0.1, -0.05) is 0 Å². The minimum atomic E-state index is 0.459. The van der Waals surface area contributed by atoms with Crippen LogP contribution in [0.25, 0.3) is 11.3 Å². The molecule has 0 aliphatic carbocycles. The summed E-state index contributed by atoms with van der Waals surface area (Å²) in [5, 5.41) is 7.77. The van der Waals surface area contributed by atoms with Gasteiger partial charge >= 0.3 is 0 Å². The van der Waals surface area contributed by atoms with Crippen LogP contribution < -0.4 is 14.7 Å². The largest absolute Gasteiger partial charge is 0.353 e. The Balaban J connectivity index is 1.45. The van der Waals surface area contributed by atoms with Gasteiger partial charge in [-0.15, -0.1) is 0 Å². The highest BCUT2D eigenvalue weighted by atomic mass is 16.6. The standard InChI is InChI=1S/C17H21N9O/c1-2-8-24(7-1)15-16(21-14-13(20-15)22-27-23-14)25-9-4-10-26(12-11-25)17-18-5-3-6-19-17/h3,5-6H,1-2,4,7-12H2. The first-order chi connectivity index (χ1) is 13.4. The summed E-state index contributed by atoms with van der Waals surface area (Å²) in [7, 11) is 0. The van der Waals surface area contributed by atoms with Gasteiger partial charge in [-0.25, -0.2) is 24.6 Å². The van der Waals surface area contributed by atoms with E-state index in [1.807, 2.05) is 6.07 Å². The molecule has 0 atom stereocenters. The minimum absolute atomic E-state index is 0.459. The van der Waals surface area contributed by atoms with Crippen molar-refractivity contribution in [1.29, 1.82) is 0 Å². The van der Waals surface area contributed by atoms with Gasteiger partial charge in [0.15, 0.2) is 11.6 Å². The van der Waals surface area contributed by atoms with Gasteiger partial charge in [0, 0.05) is 51.7 Å². The van der Waals surface area contributed by atoms with Crippen molar-refractivity contribution in [3.63, 3.8) is 0 Å². The predicted molar refractivity (Wildman–Crippen MR) is 99.9 cm³/mol. The van der Waals surface area contributed by atoms with E-state index in [1.54, 1.807) is 12.4 Å². The Morgan fingerprint density at radius 2 is 1.22 bits per heavy atom. The topological polar surface area (TPSA) is 100 Å². The highest BCUT2D eigenvalue weighted by Crippen LogP contribution is 2.30. The molecule has 10 heteroatoms. The Kier molecular flexibility index (Phi) is 4.15. The maximum Gasteiger partial charge on any atom is 0.245 e. The normalized spacial score (nSPS) is 18.3. The summed E-state index contributed by atoms with van der Waals surface area (Å²) < 4.78 is 4.84. The first-order valence-corrected chi connectivity index (χ1v) is 9.41. The summed E-state index contributed by atoms with van der Waals surface area (Å²) in [4.78, 5) is 25.0. The fourth-order valence-electron chi connectivity index (χ4n) is 3.76. The third kappa shape index (κ3) is 3.11. The fourth-order valence-corrected chi connectivity index (χ4v) is 3.76. The fraction of sp³-hybridized carbons (Fsp3) is 0.529. The maximum atomic E-state index is 4.84. The Bertz CT molecular complexity index is 909. The lowest BCUT2D eigenvalue weighted by Gasteiger charge is -2.27. The van der Waals surface area contributed by atoms with E-state index in [4.69, 9.17) is 14.6 Å². The molecule has 0 radical (unpaired) electrons. The van der Waals surface area contributed by atoms with E-state index in [0.29, 0.717) is 11.3 Å². The molecule has 0 unspecified atom stereocenters. The van der Waals surface area contributed by atoms with Gasteiger partial charge in [0.2, 0.25) is 17.2 Å². The number of fused-ring (bicyclic) bond motifs is 1. The van der Waals surface area contributed by atoms with Crippen LogP contribution in [0, 0.1) is 0 Å². The van der Waals surface area contributed by atoms with E-state index in [0.717, 1.165) is 63.3 Å². The van der Waals surface area contributed by atoms with Crippen LogP contribution in [-0.4, -0.2) is 69.5 Å². The third-order valence-corrected chi connectivity index (χ3v) is 5.11. The zero-order valence-electron chi connectivity index (χ0n) is 15.0. The molecule has 5 rings (SSSR count). The number of aromatic nitrogens is 6. The van der Waals surface area contributed by atoms with Gasteiger partial charge in [0.1, 0.15) is 0 Å². The van der Waals surface area contributed by atoms with Crippen LogP contribution in [0.2, 0.25) is 0 Å². The van der Waals surface area contributed by atoms with Gasteiger partial charge in [0.05, 0.1) is 0 Å². The van der Waals surface area contributed by atoms with Crippen LogP contribution in [0.1, 0.15) is 19.3 Å². The van der Waals surface area contributed by atoms with Crippen LogP contribution >= 0.6 is 0 Å². The predicted octanol–water partition coefficient (Wildman–Crippen LogP) is 1.12. The van der Waals surface area contributed by atoms with E-state index in [1.165, 1.54) is 12.8 Å². The molecule has 0 bridgehead atoms. The van der Waals surface area contributed by atoms with Crippen molar-refractivity contribution in [2.45, 2.75) is 19.3 Å². The van der Waals surface area contributed by atoms with Crippen LogP contribution in [0.5, 0.6) is 0 Å². The molecule has 0 spiro atoms. The molecule has 0 aromatic carbocycles. The monoisotopic (exact) mass is 367 g/mol. The zero-order valence-corrected chi connectivity index (χ0v) is 15.0. The number of rotatable bonds is 3. The average Bonchev–Trinajstić information content (AvgIpc) is 3.34. The number of nitrogens with zero attached hydrogens (tertiary/aromatic N) is 9. The molecule has 0 saturated carbocycles. The van der Waals surface area contributed by atoms with E-state index in [9.17, 15) is 0 Å². The molecular formula is C17H21N9O. The Hall–Kier alpha value is -3.04. The lowest BCUT2D eigenvalue weighted by atomic mass is 10.3. The summed E-state index contributed by atoms with van der Waals surface area (Å²) >= 11 is 0. The highest BCUT2D eigenvalue weighted by Gasteiger charge is 2.26. The van der Waals surface area contributed by atoms with Crippen molar-refractivity contribution < 1.29 is 4.63 Å². The van der Waals surface area contributed by atoms with Crippen LogP contribution in [0.4, 0.5) is 17.6 Å². The third-order valence-electron chi connectivity index (χ3n) is 5.11. The molecule has 3 aromatic heterocycles. The van der Waals surface area contributed by atoms with E-state index >= 15 is 0 Å². The molecule has 2 aliphatic heterocycles. The van der Waals surface area contributed by atoms with Gasteiger partial charge in [-0.2, -0.15) is 0 Å². The minimum Gasteiger partial charge on any atom is -0.353 e. The molecule has 2 fully saturated rings. The van der Waals surface area contributed by atoms with Gasteiger partial charge < -0.3 is 14.7 Å². The summed E-state index contributed by atoms with van der Waals surface area (Å²) in [6, 6.07) is 1.84. The maximum absolute atomic E-state index is 4.84. The van der Waals surface area contributed by atoms with Crippen molar-refractivity contribution >= 4 is 28.9 Å². The first kappa shape index (κ1) is 16.2. The van der Waals surface area contributed by atoms with Crippen molar-refractivity contribution in [3.8, 4) is 0 Å². The van der Waals surface area contributed by atoms with Crippen LogP contribution in [0.3, 0.4) is 0 Å². The second-order valence-electron chi connectivity index (χ2n) is 6.85. The zero-order chi connectivity index (χ0) is 18.1. The first-order valence-electron chi connectivity index (χ1n) is 9.41. The summed E-state index contributed by atoms with van der Waals surface area (Å²) in [6.07, 6.45) is 6.92. The highest BCUT2D eigenvalue weighted by molar-refractivity contribution is 5.75. The number of hydrogen-bond donors (Lipinski definition) is 0. The van der Waals surface area contributed by atoms with Crippen LogP contribution in [-0.2, 0) is 0 Å². The molecule has 2 aliphatic rings. The molecule has 0 amide bonds. The average molecular weight is 367 g/mol. The van der Waals surface area contributed by atoms with Crippen molar-refractivity contribution in [2.24, 2.45) is 0 Å². The molecule has 140 valence electrons. The molecule has 3 aromatic rings. The summed E-state index contributed by atoms with van der Waals surface area (Å²) in [6.45, 7) is 5.47. The molecule has 10 nitrogen and oxygen atoms in total. The Morgan fingerprint density at radius 1 is 0.667 bits per heavy atom. The van der Waals surface area contributed by atoms with Crippen molar-refractivity contribution in [3.05, 3.63) is 18.5 Å². The van der Waals surface area contributed by atoms with E-state index < -0.39 is 0 Å². The lowest BCUT2D eigenvalue weighted by molar-refractivity contribution is 0.314. The van der Waals surface area contributed by atoms with Gasteiger partial charge in [-0.05, 0) is 35.6 Å². The summed E-state index contributed by atoms with van der Waals surface area (Å²) in [5.41, 5.74) is 0.926. The molecule has 27 heavy (non-hydrogen) atoms. The Morgan fingerprint density at radius 3 is 1.93 bits per heavy atom. The van der Waals surface area contributed by atoms with Crippen molar-refractivity contribution in [1.82, 2.24) is 30.2 Å². The lowest BCUT2D eigenvalue weighted by Crippen LogP contribution is -2.33. The van der Waals surface area contributed by atoms with Gasteiger partial charge in [-0.3, -0.25) is 0 Å². The summed E-state index contributed by atoms with van der Waals surface area (Å²) in [5.74, 6) is 2.54. The Labute approximate surface area is 156 Å². The number of hydrogen-bond acceptors (Lipinski definition) is 10. The SMILES string of the molecule is c1cnc(N2CCCN(c3nc4nonc4nc3N3CCCC3)CC2)nc1. The molecule has 2 saturated heterocycles. The second kappa shape index (κ2) is 6.93. The second-order valence-corrected chi connectivity index (χ2v) is 6.85. The molecule has 5 heterocycles. The van der Waals surface area contributed by atoms with Crippen molar-refractivity contribution in [2.75, 3.05) is 54.0 Å². The molecular weight excluding hydrogens is 346 g/mol. The van der Waals surface area contributed by atoms with E-state index in [-0.39, 0.29) is 0 Å². The van der Waals surface area contributed by atoms with E-state index in [2.05, 4.69) is 35.0 Å². The molecule has 0 N–H and O–H groups in total. The quantitative estimate of drug-likeness (QED) is 0.669. The van der Waals surface area contributed by atoms with Crippen LogP contribution in [0.15, 0.2) is 23.1 Å².